The Kier molecular flexibility index (Phi) is 5.97. The summed E-state index contributed by atoms with van der Waals surface area (Å²) in [7, 11) is 0. The van der Waals surface area contributed by atoms with Gasteiger partial charge in [-0.15, -0.1) is 0 Å². The molecule has 0 radical (unpaired) electrons. The minimum atomic E-state index is -0.793. The molecule has 0 amide bonds. The fourth-order valence-electron chi connectivity index (χ4n) is 3.02. The van der Waals surface area contributed by atoms with Crippen LogP contribution in [0.25, 0.3) is 5.57 Å². The van der Waals surface area contributed by atoms with Crippen LogP contribution in [-0.4, -0.2) is 23.3 Å². The van der Waals surface area contributed by atoms with Crippen molar-refractivity contribution in [3.63, 3.8) is 0 Å². The average molecular weight is 381 g/mol. The Hall–Kier alpha value is -3.30. The Morgan fingerprint density at radius 2 is 1.61 bits per heavy atom. The van der Waals surface area contributed by atoms with Gasteiger partial charge in [0.2, 0.25) is 0 Å². The molecule has 0 spiro atoms. The highest BCUT2D eigenvalue weighted by molar-refractivity contribution is 5.85. The van der Waals surface area contributed by atoms with E-state index in [9.17, 15) is 23.9 Å². The van der Waals surface area contributed by atoms with Crippen LogP contribution in [0, 0.1) is 23.0 Å². The highest BCUT2D eigenvalue weighted by Gasteiger charge is 2.25. The number of aliphatic hydroxyl groups excluding tert-OH is 1. The van der Waals surface area contributed by atoms with Crippen molar-refractivity contribution < 1.29 is 23.4 Å². The molecular formula is C22H17F2NO3. The average Bonchev–Trinajstić information content (AvgIpc) is 2.66. The van der Waals surface area contributed by atoms with Gasteiger partial charge in [0.25, 0.3) is 0 Å². The molecule has 1 fully saturated rings. The first-order chi connectivity index (χ1) is 13.5. The van der Waals surface area contributed by atoms with Crippen LogP contribution in [0.5, 0.6) is 0 Å². The first-order valence-electron chi connectivity index (χ1n) is 8.68. The minimum Gasteiger partial charge on any atom is -0.458 e. The topological polar surface area (TPSA) is 70.3 Å². The molecule has 4 nitrogen and oxygen atoms in total. The number of ether oxygens (including phenoxy) is 1. The molecule has 2 unspecified atom stereocenters. The third kappa shape index (κ3) is 4.70. The van der Waals surface area contributed by atoms with E-state index in [0.717, 1.165) is 0 Å². The van der Waals surface area contributed by atoms with Gasteiger partial charge in [-0.2, -0.15) is 5.26 Å². The van der Waals surface area contributed by atoms with Crippen LogP contribution in [0.2, 0.25) is 0 Å². The van der Waals surface area contributed by atoms with E-state index < -0.39 is 29.8 Å². The molecule has 0 aliphatic carbocycles. The third-order valence-electron chi connectivity index (χ3n) is 4.32. The van der Waals surface area contributed by atoms with Crippen molar-refractivity contribution >= 4 is 11.5 Å². The van der Waals surface area contributed by atoms with Crippen LogP contribution in [0.1, 0.15) is 24.0 Å². The zero-order valence-electron chi connectivity index (χ0n) is 14.8. The minimum absolute atomic E-state index is 0.0539. The van der Waals surface area contributed by atoms with E-state index in [-0.39, 0.29) is 18.4 Å². The summed E-state index contributed by atoms with van der Waals surface area (Å²) in [5.41, 5.74) is 1.88. The SMILES string of the molecule is N#CC(C=CC1CC(O)CC(=O)O1)=C(c1ccc(F)cc1)c1ccc(F)cc1. The normalized spacial score (nSPS) is 19.1. The molecule has 2 aromatic carbocycles. The number of allylic oxidation sites excluding steroid dienone is 2. The van der Waals surface area contributed by atoms with Crippen molar-refractivity contribution in [2.24, 2.45) is 0 Å². The van der Waals surface area contributed by atoms with Gasteiger partial charge in [-0.1, -0.05) is 24.3 Å². The third-order valence-corrected chi connectivity index (χ3v) is 4.32. The summed E-state index contributed by atoms with van der Waals surface area (Å²) in [5.74, 6) is -1.34. The summed E-state index contributed by atoms with van der Waals surface area (Å²) in [6.07, 6.45) is 1.77. The number of hydrogen-bond acceptors (Lipinski definition) is 4. The highest BCUT2D eigenvalue weighted by Crippen LogP contribution is 2.28. The fraction of sp³-hybridized carbons (Fsp3) is 0.182. The number of nitrogens with zero attached hydrogens (tertiary/aromatic N) is 1. The number of halogens is 2. The molecule has 1 saturated heterocycles. The summed E-state index contributed by atoms with van der Waals surface area (Å²) in [4.78, 5) is 11.5. The monoisotopic (exact) mass is 381 g/mol. The van der Waals surface area contributed by atoms with Crippen LogP contribution in [0.3, 0.4) is 0 Å². The van der Waals surface area contributed by atoms with Gasteiger partial charge < -0.3 is 9.84 Å². The second-order valence-corrected chi connectivity index (χ2v) is 6.40. The summed E-state index contributed by atoms with van der Waals surface area (Å²) in [6, 6.07) is 13.3. The number of rotatable bonds is 4. The number of benzene rings is 2. The molecule has 1 aliphatic rings. The molecule has 1 heterocycles. The lowest BCUT2D eigenvalue weighted by atomic mass is 9.92. The lowest BCUT2D eigenvalue weighted by molar-refractivity contribution is -0.156. The van der Waals surface area contributed by atoms with Crippen LogP contribution < -0.4 is 0 Å². The maximum absolute atomic E-state index is 13.3. The molecule has 6 heteroatoms. The molecule has 28 heavy (non-hydrogen) atoms. The van der Waals surface area contributed by atoms with Gasteiger partial charge in [0, 0.05) is 12.0 Å². The van der Waals surface area contributed by atoms with E-state index in [1.54, 1.807) is 0 Å². The number of carbonyl (C=O) groups is 1. The Bertz CT molecular complexity index is 909. The van der Waals surface area contributed by atoms with Gasteiger partial charge in [-0.3, -0.25) is 4.79 Å². The summed E-state index contributed by atoms with van der Waals surface area (Å²) in [5, 5.41) is 19.4. The molecule has 0 saturated carbocycles. The quantitative estimate of drug-likeness (QED) is 0.495. The van der Waals surface area contributed by atoms with E-state index in [0.29, 0.717) is 16.7 Å². The van der Waals surface area contributed by atoms with E-state index in [4.69, 9.17) is 4.74 Å². The van der Waals surface area contributed by atoms with Crippen molar-refractivity contribution in [1.29, 1.82) is 5.26 Å². The van der Waals surface area contributed by atoms with Crippen LogP contribution >= 0.6 is 0 Å². The van der Waals surface area contributed by atoms with Gasteiger partial charge in [0.15, 0.2) is 0 Å². The van der Waals surface area contributed by atoms with Gasteiger partial charge in [0.1, 0.15) is 17.7 Å². The first-order valence-corrected chi connectivity index (χ1v) is 8.68. The predicted molar refractivity (Wildman–Crippen MR) is 98.7 cm³/mol. The molecule has 2 aromatic rings. The number of hydrogen-bond donors (Lipinski definition) is 1. The van der Waals surface area contributed by atoms with Crippen LogP contribution in [0.4, 0.5) is 8.78 Å². The van der Waals surface area contributed by atoms with Gasteiger partial charge >= 0.3 is 5.97 Å². The van der Waals surface area contributed by atoms with Crippen molar-refractivity contribution in [2.45, 2.75) is 25.0 Å². The van der Waals surface area contributed by atoms with Crippen molar-refractivity contribution in [3.05, 3.63) is 89.0 Å². The molecule has 3 rings (SSSR count). The summed E-state index contributed by atoms with van der Waals surface area (Å²) < 4.78 is 31.8. The number of carbonyl (C=O) groups excluding carboxylic acids is 1. The maximum atomic E-state index is 13.3. The smallest absolute Gasteiger partial charge is 0.309 e. The van der Waals surface area contributed by atoms with E-state index in [2.05, 4.69) is 6.07 Å². The van der Waals surface area contributed by atoms with Crippen LogP contribution in [-0.2, 0) is 9.53 Å². The Labute approximate surface area is 161 Å². The highest BCUT2D eigenvalue weighted by atomic mass is 19.1. The number of nitriles is 1. The van der Waals surface area contributed by atoms with Crippen molar-refractivity contribution in [1.82, 2.24) is 0 Å². The predicted octanol–water partition coefficient (Wildman–Crippen LogP) is 3.91. The summed E-state index contributed by atoms with van der Waals surface area (Å²) in [6.45, 7) is 0. The molecule has 1 N–H and O–H groups in total. The Morgan fingerprint density at radius 1 is 1.07 bits per heavy atom. The number of cyclic esters (lactones) is 1. The van der Waals surface area contributed by atoms with Crippen molar-refractivity contribution in [2.75, 3.05) is 0 Å². The summed E-state index contributed by atoms with van der Waals surface area (Å²) >= 11 is 0. The second kappa shape index (κ2) is 8.59. The molecule has 142 valence electrons. The largest absolute Gasteiger partial charge is 0.458 e. The lowest BCUT2D eigenvalue weighted by Gasteiger charge is -2.23. The first kappa shape index (κ1) is 19.5. The molecule has 2 atom stereocenters. The fourth-order valence-corrected chi connectivity index (χ4v) is 3.02. The van der Waals surface area contributed by atoms with E-state index in [1.807, 2.05) is 0 Å². The molecule has 0 bridgehead atoms. The van der Waals surface area contributed by atoms with E-state index in [1.165, 1.54) is 60.7 Å². The number of aliphatic hydroxyl groups is 1. The van der Waals surface area contributed by atoms with Gasteiger partial charge in [0.05, 0.1) is 24.2 Å². The zero-order chi connectivity index (χ0) is 20.1. The Morgan fingerprint density at radius 3 is 2.07 bits per heavy atom. The molecule has 1 aliphatic heterocycles. The zero-order valence-corrected chi connectivity index (χ0v) is 14.8. The van der Waals surface area contributed by atoms with Gasteiger partial charge in [-0.05, 0) is 47.5 Å². The molecular weight excluding hydrogens is 364 g/mol. The molecule has 0 aromatic heterocycles. The van der Waals surface area contributed by atoms with Gasteiger partial charge in [-0.25, -0.2) is 8.78 Å². The lowest BCUT2D eigenvalue weighted by Crippen LogP contribution is -2.31. The second-order valence-electron chi connectivity index (χ2n) is 6.40. The van der Waals surface area contributed by atoms with Crippen LogP contribution in [0.15, 0.2) is 66.3 Å². The standard InChI is InChI=1S/C22H17F2NO3/c23-17-6-1-14(2-7-17)22(15-3-8-18(24)9-4-15)16(13-25)5-10-20-11-19(26)12-21(27)28-20/h1-10,19-20,26H,11-12H2. The maximum Gasteiger partial charge on any atom is 0.309 e. The van der Waals surface area contributed by atoms with Crippen molar-refractivity contribution in [3.8, 4) is 6.07 Å². The number of esters is 1. The van der Waals surface area contributed by atoms with E-state index >= 15 is 0 Å². The Balaban J connectivity index is 2.04.